The number of allylic oxidation sites excluding steroid dienone is 4. The Labute approximate surface area is 146 Å². The SMILES string of the molecule is COc1c(C2=CC=C2)c(-c2ncnn2C)nn2c(-c3ccon3)nnc12. The Kier molecular flexibility index (Phi) is 2.98. The van der Waals surface area contributed by atoms with Gasteiger partial charge >= 0.3 is 0 Å². The van der Waals surface area contributed by atoms with E-state index in [0.717, 1.165) is 11.1 Å². The van der Waals surface area contributed by atoms with Crippen LogP contribution in [0.15, 0.2) is 41.4 Å². The van der Waals surface area contributed by atoms with Gasteiger partial charge in [-0.05, 0) is 5.57 Å². The second-order valence-electron chi connectivity index (χ2n) is 5.59. The fourth-order valence-corrected chi connectivity index (χ4v) is 2.86. The summed E-state index contributed by atoms with van der Waals surface area (Å²) in [4.78, 5) is 4.34. The van der Waals surface area contributed by atoms with Gasteiger partial charge in [-0.25, -0.2) is 9.67 Å². The van der Waals surface area contributed by atoms with Crippen LogP contribution in [0.1, 0.15) is 5.56 Å². The molecule has 0 bridgehead atoms. The summed E-state index contributed by atoms with van der Waals surface area (Å²) in [6.45, 7) is 0. The molecule has 0 aliphatic heterocycles. The highest BCUT2D eigenvalue weighted by molar-refractivity contribution is 5.92. The number of hydrogen-bond acceptors (Lipinski definition) is 8. The van der Waals surface area contributed by atoms with Gasteiger partial charge in [0, 0.05) is 13.1 Å². The fraction of sp³-hybridized carbons (Fsp3) is 0.125. The zero-order valence-electron chi connectivity index (χ0n) is 13.9. The number of ether oxygens (including phenoxy) is 1. The zero-order valence-corrected chi connectivity index (χ0v) is 13.9. The average Bonchev–Trinajstić information content (AvgIpc) is 3.32. The maximum absolute atomic E-state index is 5.69. The van der Waals surface area contributed by atoms with Crippen molar-refractivity contribution >= 4 is 11.2 Å². The van der Waals surface area contributed by atoms with Gasteiger partial charge in [0.2, 0.25) is 11.5 Å². The molecule has 0 saturated carbocycles. The van der Waals surface area contributed by atoms with E-state index >= 15 is 0 Å². The number of fused-ring (bicyclic) bond motifs is 1. The first-order valence-corrected chi connectivity index (χ1v) is 7.75. The van der Waals surface area contributed by atoms with Crippen LogP contribution in [0.2, 0.25) is 0 Å². The fourth-order valence-electron chi connectivity index (χ4n) is 2.86. The molecule has 0 radical (unpaired) electrons. The summed E-state index contributed by atoms with van der Waals surface area (Å²) in [6.07, 6.45) is 8.85. The molecule has 0 unspecified atom stereocenters. The molecule has 5 rings (SSSR count). The molecule has 0 spiro atoms. The van der Waals surface area contributed by atoms with Gasteiger partial charge in [-0.15, -0.1) is 10.2 Å². The van der Waals surface area contributed by atoms with Crippen molar-refractivity contribution in [1.29, 1.82) is 0 Å². The lowest BCUT2D eigenvalue weighted by molar-refractivity contribution is 0.414. The third-order valence-corrected chi connectivity index (χ3v) is 4.14. The molecule has 10 heteroatoms. The topological polar surface area (TPSA) is 109 Å². The van der Waals surface area contributed by atoms with E-state index in [9.17, 15) is 0 Å². The van der Waals surface area contributed by atoms with Crippen LogP contribution in [0.4, 0.5) is 0 Å². The van der Waals surface area contributed by atoms with Gasteiger partial charge in [0.05, 0.1) is 12.7 Å². The Morgan fingerprint density at radius 1 is 1.19 bits per heavy atom. The van der Waals surface area contributed by atoms with Crippen molar-refractivity contribution < 1.29 is 9.26 Å². The smallest absolute Gasteiger partial charge is 0.221 e. The summed E-state index contributed by atoms with van der Waals surface area (Å²) in [5.74, 6) is 1.59. The Hall–Kier alpha value is -3.82. The van der Waals surface area contributed by atoms with E-state index < -0.39 is 0 Å². The molecule has 0 atom stereocenters. The van der Waals surface area contributed by atoms with Crippen LogP contribution in [-0.2, 0) is 7.05 Å². The van der Waals surface area contributed by atoms with Crippen molar-refractivity contribution in [3.63, 3.8) is 0 Å². The van der Waals surface area contributed by atoms with Crippen LogP contribution >= 0.6 is 0 Å². The van der Waals surface area contributed by atoms with Gasteiger partial charge < -0.3 is 9.26 Å². The van der Waals surface area contributed by atoms with Crippen LogP contribution in [0.25, 0.3) is 34.3 Å². The molecule has 4 aromatic heterocycles. The summed E-state index contributed by atoms with van der Waals surface area (Å²) < 4.78 is 13.8. The van der Waals surface area contributed by atoms with Crippen LogP contribution < -0.4 is 4.74 Å². The first kappa shape index (κ1) is 14.5. The summed E-state index contributed by atoms with van der Waals surface area (Å²) in [5.41, 5.74) is 3.37. The Balaban J connectivity index is 1.88. The van der Waals surface area contributed by atoms with Gasteiger partial charge in [-0.1, -0.05) is 23.4 Å². The summed E-state index contributed by atoms with van der Waals surface area (Å²) >= 11 is 0. The standard InChI is InChI=1S/C16H12N8O2/c1-23-15(17-8-18-23)12-11(9-4-3-5-9)13(25-2)16-20-19-14(24(16)21-12)10-6-7-26-22-10/h3-8H,1-2H3. The minimum absolute atomic E-state index is 0.445. The van der Waals surface area contributed by atoms with Crippen molar-refractivity contribution in [1.82, 2.24) is 39.7 Å². The number of nitrogens with zero attached hydrogens (tertiary/aromatic N) is 8. The van der Waals surface area contributed by atoms with Crippen molar-refractivity contribution in [3.8, 4) is 28.8 Å². The quantitative estimate of drug-likeness (QED) is 0.546. The highest BCUT2D eigenvalue weighted by atomic mass is 16.5. The van der Waals surface area contributed by atoms with Crippen LogP contribution in [-0.4, -0.2) is 46.8 Å². The monoisotopic (exact) mass is 348 g/mol. The molecular weight excluding hydrogens is 336 g/mol. The molecular formula is C16H12N8O2. The van der Waals surface area contributed by atoms with Gasteiger partial charge in [-0.2, -0.15) is 14.7 Å². The molecule has 26 heavy (non-hydrogen) atoms. The van der Waals surface area contributed by atoms with Crippen molar-refractivity contribution in [2.24, 2.45) is 7.05 Å². The molecule has 4 heterocycles. The number of rotatable bonds is 4. The molecule has 10 nitrogen and oxygen atoms in total. The second kappa shape index (κ2) is 5.34. The van der Waals surface area contributed by atoms with Crippen molar-refractivity contribution in [2.75, 3.05) is 7.11 Å². The van der Waals surface area contributed by atoms with Gasteiger partial charge in [0.15, 0.2) is 17.3 Å². The Morgan fingerprint density at radius 3 is 2.69 bits per heavy atom. The van der Waals surface area contributed by atoms with Gasteiger partial charge in [0.25, 0.3) is 0 Å². The Bertz CT molecular complexity index is 1180. The largest absolute Gasteiger partial charge is 0.492 e. The maximum Gasteiger partial charge on any atom is 0.221 e. The number of methoxy groups -OCH3 is 1. The first-order valence-electron chi connectivity index (χ1n) is 7.75. The normalized spacial score (nSPS) is 13.1. The highest BCUT2D eigenvalue weighted by Crippen LogP contribution is 2.39. The summed E-state index contributed by atoms with van der Waals surface area (Å²) in [5, 5.41) is 21.3. The molecule has 0 N–H and O–H groups in total. The highest BCUT2D eigenvalue weighted by Gasteiger charge is 2.27. The molecule has 1 aliphatic rings. The Morgan fingerprint density at radius 2 is 2.08 bits per heavy atom. The lowest BCUT2D eigenvalue weighted by Gasteiger charge is -2.16. The van der Waals surface area contributed by atoms with E-state index in [4.69, 9.17) is 14.4 Å². The molecule has 0 aromatic carbocycles. The van der Waals surface area contributed by atoms with Crippen molar-refractivity contribution in [2.45, 2.75) is 0 Å². The van der Waals surface area contributed by atoms with Crippen LogP contribution in [0, 0.1) is 0 Å². The molecule has 0 amide bonds. The average molecular weight is 348 g/mol. The van der Waals surface area contributed by atoms with E-state index in [0.29, 0.717) is 34.4 Å². The van der Waals surface area contributed by atoms with E-state index in [2.05, 4.69) is 25.4 Å². The molecule has 1 aliphatic carbocycles. The maximum atomic E-state index is 5.69. The van der Waals surface area contributed by atoms with E-state index in [1.807, 2.05) is 18.2 Å². The molecule has 4 aromatic rings. The summed E-state index contributed by atoms with van der Waals surface area (Å²) in [6, 6.07) is 1.69. The van der Waals surface area contributed by atoms with Crippen LogP contribution in [0.3, 0.4) is 0 Å². The molecule has 0 fully saturated rings. The lowest BCUT2D eigenvalue weighted by Crippen LogP contribution is -2.08. The van der Waals surface area contributed by atoms with E-state index in [1.165, 1.54) is 12.6 Å². The third-order valence-electron chi connectivity index (χ3n) is 4.14. The predicted octanol–water partition coefficient (Wildman–Crippen LogP) is 1.54. The second-order valence-corrected chi connectivity index (χ2v) is 5.59. The minimum atomic E-state index is 0.445. The molecule has 0 saturated heterocycles. The van der Waals surface area contributed by atoms with E-state index in [-0.39, 0.29) is 0 Å². The van der Waals surface area contributed by atoms with Crippen molar-refractivity contribution in [3.05, 3.63) is 42.4 Å². The van der Waals surface area contributed by atoms with Gasteiger partial charge in [-0.3, -0.25) is 0 Å². The number of hydrogen-bond donors (Lipinski definition) is 0. The third kappa shape index (κ3) is 1.92. The summed E-state index contributed by atoms with van der Waals surface area (Å²) in [7, 11) is 3.40. The predicted molar refractivity (Wildman–Crippen MR) is 89.9 cm³/mol. The number of aromatic nitrogens is 8. The van der Waals surface area contributed by atoms with Crippen LogP contribution in [0.5, 0.6) is 5.75 Å². The van der Waals surface area contributed by atoms with E-state index in [1.54, 1.807) is 29.4 Å². The number of aryl methyl sites for hydroxylation is 1. The molecule has 128 valence electrons. The zero-order chi connectivity index (χ0) is 17.7. The lowest BCUT2D eigenvalue weighted by atomic mass is 9.97. The minimum Gasteiger partial charge on any atom is -0.492 e. The van der Waals surface area contributed by atoms with Gasteiger partial charge in [0.1, 0.15) is 18.3 Å². The first-order chi connectivity index (χ1) is 12.8.